The van der Waals surface area contributed by atoms with E-state index in [0.717, 1.165) is 9.79 Å². The Labute approximate surface area is 211 Å². The number of anilines is 1. The molecule has 4 rings (SSSR count). The second-order valence-corrected chi connectivity index (χ2v) is 10.7. The molecule has 0 saturated heterocycles. The van der Waals surface area contributed by atoms with Crippen LogP contribution in [0.5, 0.6) is 11.5 Å². The van der Waals surface area contributed by atoms with Gasteiger partial charge in [-0.3, -0.25) is 9.29 Å². The molecule has 0 radical (unpaired) electrons. The lowest BCUT2D eigenvalue weighted by atomic mass is 10.3. The third-order valence-electron chi connectivity index (χ3n) is 4.88. The van der Waals surface area contributed by atoms with Gasteiger partial charge >= 0.3 is 6.18 Å². The summed E-state index contributed by atoms with van der Waals surface area (Å²) in [6, 6.07) is 28.0. The molecule has 1 heterocycles. The lowest BCUT2D eigenvalue weighted by Crippen LogP contribution is -2.37. The highest BCUT2D eigenvalue weighted by atomic mass is 32.2. The zero-order chi connectivity index (χ0) is 25.6. The highest BCUT2D eigenvalue weighted by molar-refractivity contribution is 7.99. The lowest BCUT2D eigenvalue weighted by molar-refractivity contribution is -0.106. The van der Waals surface area contributed by atoms with Crippen LogP contribution in [-0.2, 0) is 16.6 Å². The molecule has 0 aliphatic carbocycles. The first-order valence-corrected chi connectivity index (χ1v) is 13.2. The van der Waals surface area contributed by atoms with Crippen LogP contribution in [0.25, 0.3) is 0 Å². The molecule has 10 heteroatoms. The molecular formula is C26H21F3N2O3S2. The Kier molecular flexibility index (Phi) is 7.85. The summed E-state index contributed by atoms with van der Waals surface area (Å²) < 4.78 is 70.8. The third kappa shape index (κ3) is 7.25. The summed E-state index contributed by atoms with van der Waals surface area (Å²) in [6.45, 7) is -0.333. The molecule has 1 aromatic heterocycles. The number of benzene rings is 3. The fraction of sp³-hybridized carbons (Fsp3) is 0.115. The standard InChI is InChI=1S/C26H21F3N2O3S2/c27-26(28,29)19-36(32,33)31(18-20-6-4-5-17-30-20)21-9-11-22(12-10-21)34-23-13-15-25(16-14-23)35-24-7-2-1-3-8-24/h1-17H,18-19H2. The van der Waals surface area contributed by atoms with Crippen molar-refractivity contribution in [2.24, 2.45) is 0 Å². The maximum absolute atomic E-state index is 13.0. The van der Waals surface area contributed by atoms with E-state index in [-0.39, 0.29) is 12.2 Å². The van der Waals surface area contributed by atoms with Crippen LogP contribution in [0.1, 0.15) is 5.69 Å². The predicted octanol–water partition coefficient (Wildman–Crippen LogP) is 6.92. The molecule has 0 aliphatic rings. The summed E-state index contributed by atoms with van der Waals surface area (Å²) >= 11 is 1.61. The fourth-order valence-electron chi connectivity index (χ4n) is 3.29. The molecule has 36 heavy (non-hydrogen) atoms. The number of ether oxygens (including phenoxy) is 1. The Balaban J connectivity index is 1.50. The van der Waals surface area contributed by atoms with Crippen molar-refractivity contribution in [3.63, 3.8) is 0 Å². The normalized spacial score (nSPS) is 11.8. The topological polar surface area (TPSA) is 59.5 Å². The number of hydrogen-bond acceptors (Lipinski definition) is 5. The molecule has 0 fully saturated rings. The quantitative estimate of drug-likeness (QED) is 0.235. The first-order chi connectivity index (χ1) is 17.2. The molecule has 4 aromatic rings. The van der Waals surface area contributed by atoms with E-state index in [1.807, 2.05) is 42.5 Å². The Bertz CT molecular complexity index is 1370. The van der Waals surface area contributed by atoms with Gasteiger partial charge in [-0.05, 0) is 72.8 Å². The first kappa shape index (κ1) is 25.6. The van der Waals surface area contributed by atoms with Crippen LogP contribution < -0.4 is 9.04 Å². The van der Waals surface area contributed by atoms with Crippen molar-refractivity contribution in [1.82, 2.24) is 4.98 Å². The maximum atomic E-state index is 13.0. The average Bonchev–Trinajstić information content (AvgIpc) is 2.84. The van der Waals surface area contributed by atoms with Gasteiger partial charge in [0.1, 0.15) is 11.5 Å². The van der Waals surface area contributed by atoms with Crippen LogP contribution >= 0.6 is 11.8 Å². The summed E-state index contributed by atoms with van der Waals surface area (Å²) in [5.41, 5.74) is 0.393. The number of alkyl halides is 3. The van der Waals surface area contributed by atoms with E-state index in [1.165, 1.54) is 30.5 Å². The SMILES string of the molecule is O=S(=O)(CC(F)(F)F)N(Cc1ccccn1)c1ccc(Oc2ccc(Sc3ccccc3)cc2)cc1. The van der Waals surface area contributed by atoms with E-state index in [1.54, 1.807) is 42.1 Å². The van der Waals surface area contributed by atoms with Crippen molar-refractivity contribution >= 4 is 27.5 Å². The van der Waals surface area contributed by atoms with Crippen molar-refractivity contribution in [2.75, 3.05) is 10.1 Å². The van der Waals surface area contributed by atoms with Gasteiger partial charge in [0.2, 0.25) is 10.0 Å². The van der Waals surface area contributed by atoms with E-state index in [4.69, 9.17) is 4.74 Å². The average molecular weight is 531 g/mol. The largest absolute Gasteiger partial charge is 0.457 e. The fourth-order valence-corrected chi connectivity index (χ4v) is 5.47. The molecule has 0 saturated carbocycles. The minimum absolute atomic E-state index is 0.0758. The highest BCUT2D eigenvalue weighted by Gasteiger charge is 2.38. The van der Waals surface area contributed by atoms with Gasteiger partial charge in [-0.2, -0.15) is 13.2 Å². The molecule has 0 amide bonds. The van der Waals surface area contributed by atoms with Crippen molar-refractivity contribution in [1.29, 1.82) is 0 Å². The monoisotopic (exact) mass is 530 g/mol. The van der Waals surface area contributed by atoms with Crippen molar-refractivity contribution in [3.05, 3.63) is 109 Å². The maximum Gasteiger partial charge on any atom is 0.404 e. The van der Waals surface area contributed by atoms with Gasteiger partial charge in [-0.1, -0.05) is 36.0 Å². The van der Waals surface area contributed by atoms with Crippen molar-refractivity contribution in [2.45, 2.75) is 22.5 Å². The zero-order valence-electron chi connectivity index (χ0n) is 18.8. The smallest absolute Gasteiger partial charge is 0.404 e. The van der Waals surface area contributed by atoms with Crippen molar-refractivity contribution < 1.29 is 26.3 Å². The number of hydrogen-bond donors (Lipinski definition) is 0. The molecule has 0 aliphatic heterocycles. The van der Waals surface area contributed by atoms with Crippen molar-refractivity contribution in [3.8, 4) is 11.5 Å². The second kappa shape index (κ2) is 11.0. The number of nitrogens with zero attached hydrogens (tertiary/aromatic N) is 2. The van der Waals surface area contributed by atoms with Crippen LogP contribution in [0, 0.1) is 0 Å². The number of sulfonamides is 1. The molecule has 0 unspecified atom stereocenters. The molecule has 0 atom stereocenters. The number of halogens is 3. The summed E-state index contributed by atoms with van der Waals surface area (Å²) in [4.78, 5) is 6.19. The number of pyridine rings is 1. The predicted molar refractivity (Wildman–Crippen MR) is 134 cm³/mol. The first-order valence-electron chi connectivity index (χ1n) is 10.8. The minimum Gasteiger partial charge on any atom is -0.457 e. The Morgan fingerprint density at radius 1 is 0.778 bits per heavy atom. The summed E-state index contributed by atoms with van der Waals surface area (Å²) in [5.74, 6) is -0.998. The third-order valence-corrected chi connectivity index (χ3v) is 7.60. The van der Waals surface area contributed by atoms with Gasteiger partial charge in [-0.25, -0.2) is 8.42 Å². The van der Waals surface area contributed by atoms with E-state index in [0.29, 0.717) is 21.5 Å². The van der Waals surface area contributed by atoms with Gasteiger partial charge in [0, 0.05) is 16.0 Å². The summed E-state index contributed by atoms with van der Waals surface area (Å²) in [7, 11) is -4.71. The van der Waals surface area contributed by atoms with Crippen LogP contribution in [0.4, 0.5) is 18.9 Å². The molecular weight excluding hydrogens is 509 g/mol. The molecule has 5 nitrogen and oxygen atoms in total. The Morgan fingerprint density at radius 2 is 1.36 bits per heavy atom. The van der Waals surface area contributed by atoms with Gasteiger partial charge in [-0.15, -0.1) is 0 Å². The molecule has 0 N–H and O–H groups in total. The van der Waals surface area contributed by atoms with E-state index >= 15 is 0 Å². The molecule has 3 aromatic carbocycles. The van der Waals surface area contributed by atoms with Crippen LogP contribution in [0.2, 0.25) is 0 Å². The van der Waals surface area contributed by atoms with Crippen LogP contribution in [0.3, 0.4) is 0 Å². The van der Waals surface area contributed by atoms with E-state index < -0.39 is 22.0 Å². The number of aromatic nitrogens is 1. The Morgan fingerprint density at radius 3 is 1.94 bits per heavy atom. The molecule has 186 valence electrons. The highest BCUT2D eigenvalue weighted by Crippen LogP contribution is 2.32. The Hall–Kier alpha value is -3.50. The van der Waals surface area contributed by atoms with Gasteiger partial charge in [0.25, 0.3) is 0 Å². The van der Waals surface area contributed by atoms with Gasteiger partial charge in [0.05, 0.1) is 17.9 Å². The zero-order valence-corrected chi connectivity index (χ0v) is 20.4. The summed E-state index contributed by atoms with van der Waals surface area (Å²) in [5, 5.41) is 0. The van der Waals surface area contributed by atoms with E-state index in [2.05, 4.69) is 4.98 Å². The van der Waals surface area contributed by atoms with Gasteiger partial charge in [0.15, 0.2) is 5.75 Å². The van der Waals surface area contributed by atoms with Crippen LogP contribution in [-0.4, -0.2) is 25.3 Å². The van der Waals surface area contributed by atoms with E-state index in [9.17, 15) is 21.6 Å². The molecule has 0 spiro atoms. The van der Waals surface area contributed by atoms with Gasteiger partial charge < -0.3 is 4.74 Å². The van der Waals surface area contributed by atoms with Crippen LogP contribution in [0.15, 0.2) is 113 Å². The summed E-state index contributed by atoms with van der Waals surface area (Å²) in [6.07, 6.45) is -3.43. The number of rotatable bonds is 9. The lowest BCUT2D eigenvalue weighted by Gasteiger charge is -2.25. The molecule has 0 bridgehead atoms. The minimum atomic E-state index is -4.88. The second-order valence-electron chi connectivity index (χ2n) is 7.68.